The van der Waals surface area contributed by atoms with Crippen LogP contribution in [0, 0.1) is 0 Å². The van der Waals surface area contributed by atoms with Crippen LogP contribution in [-0.2, 0) is 4.34 Å². The Balaban J connectivity index is 4.05. The van der Waals surface area contributed by atoms with Gasteiger partial charge in [-0.1, -0.05) is 11.4 Å². The van der Waals surface area contributed by atoms with Gasteiger partial charge in [0.15, 0.2) is 0 Å². The van der Waals surface area contributed by atoms with Crippen molar-refractivity contribution in [3.8, 4) is 0 Å². The van der Waals surface area contributed by atoms with E-state index in [0.29, 0.717) is 0 Å². The fourth-order valence-corrected chi connectivity index (χ4v) is 1.22. The smallest absolute Gasteiger partial charge is 0.421 e. The van der Waals surface area contributed by atoms with E-state index in [1.807, 2.05) is 0 Å². The maximum Gasteiger partial charge on any atom is 0.623 e. The van der Waals surface area contributed by atoms with E-state index in [-0.39, 0.29) is 0 Å². The third kappa shape index (κ3) is 2.98. The van der Waals surface area contributed by atoms with E-state index in [1.54, 1.807) is 17.9 Å². The molecule has 0 atom stereocenters. The predicted molar refractivity (Wildman–Crippen MR) is 43.3 cm³/mol. The lowest BCUT2D eigenvalue weighted by Gasteiger charge is -2.18. The van der Waals surface area contributed by atoms with E-state index in [2.05, 4.69) is 13.2 Å². The highest BCUT2D eigenvalue weighted by Gasteiger charge is 2.26. The SMILES string of the molecule is C=C[Si](C)(C=C)OB(O)O. The van der Waals surface area contributed by atoms with Crippen molar-refractivity contribution in [1.29, 1.82) is 0 Å². The van der Waals surface area contributed by atoms with Crippen molar-refractivity contribution in [2.24, 2.45) is 0 Å². The summed E-state index contributed by atoms with van der Waals surface area (Å²) >= 11 is 0. The van der Waals surface area contributed by atoms with Crippen LogP contribution < -0.4 is 0 Å². The van der Waals surface area contributed by atoms with Crippen molar-refractivity contribution >= 4 is 15.6 Å². The molecule has 0 radical (unpaired) electrons. The third-order valence-corrected chi connectivity index (χ3v) is 3.51. The van der Waals surface area contributed by atoms with E-state index >= 15 is 0 Å². The van der Waals surface area contributed by atoms with E-state index in [4.69, 9.17) is 14.4 Å². The number of hydrogen-bond acceptors (Lipinski definition) is 3. The highest BCUT2D eigenvalue weighted by molar-refractivity contribution is 6.85. The first kappa shape index (κ1) is 9.64. The molecule has 0 spiro atoms. The van der Waals surface area contributed by atoms with Crippen LogP contribution in [-0.4, -0.2) is 25.7 Å². The first-order valence-electron chi connectivity index (χ1n) is 2.85. The van der Waals surface area contributed by atoms with E-state index < -0.39 is 15.6 Å². The van der Waals surface area contributed by atoms with E-state index in [1.165, 1.54) is 0 Å². The molecule has 0 rings (SSSR count). The zero-order chi connectivity index (χ0) is 8.20. The summed E-state index contributed by atoms with van der Waals surface area (Å²) in [7, 11) is -3.96. The Morgan fingerprint density at radius 2 is 1.80 bits per heavy atom. The molecule has 0 amide bonds. The average molecular weight is 158 g/mol. The second-order valence-electron chi connectivity index (χ2n) is 2.04. The summed E-state index contributed by atoms with van der Waals surface area (Å²) in [5.74, 6) is 0. The van der Waals surface area contributed by atoms with Gasteiger partial charge in [-0.2, -0.15) is 0 Å². The molecule has 0 heterocycles. The summed E-state index contributed by atoms with van der Waals surface area (Å²) in [4.78, 5) is 0. The number of rotatable bonds is 4. The van der Waals surface area contributed by atoms with Crippen LogP contribution in [0.3, 0.4) is 0 Å². The Kier molecular flexibility index (Phi) is 3.59. The molecule has 0 saturated heterocycles. The van der Waals surface area contributed by atoms with E-state index in [0.717, 1.165) is 0 Å². The molecule has 56 valence electrons. The van der Waals surface area contributed by atoms with Gasteiger partial charge in [-0.05, 0) is 6.55 Å². The summed E-state index contributed by atoms with van der Waals surface area (Å²) in [6.45, 7) is 8.76. The van der Waals surface area contributed by atoms with Crippen LogP contribution >= 0.6 is 0 Å². The molecule has 0 saturated carbocycles. The van der Waals surface area contributed by atoms with Gasteiger partial charge in [0.25, 0.3) is 0 Å². The molecule has 0 unspecified atom stereocenters. The van der Waals surface area contributed by atoms with Gasteiger partial charge >= 0.3 is 7.32 Å². The van der Waals surface area contributed by atoms with Gasteiger partial charge < -0.3 is 14.4 Å². The Morgan fingerprint density at radius 1 is 1.40 bits per heavy atom. The molecule has 0 aliphatic carbocycles. The van der Waals surface area contributed by atoms with Crippen LogP contribution in [0.25, 0.3) is 0 Å². The fourth-order valence-electron chi connectivity index (χ4n) is 0.407. The molecule has 0 aliphatic heterocycles. The van der Waals surface area contributed by atoms with Crippen molar-refractivity contribution in [1.82, 2.24) is 0 Å². The van der Waals surface area contributed by atoms with Crippen molar-refractivity contribution in [3.05, 3.63) is 24.6 Å². The minimum absolute atomic E-state index is 1.57. The highest BCUT2D eigenvalue weighted by Crippen LogP contribution is 2.06. The molecule has 3 nitrogen and oxygen atoms in total. The first-order valence-corrected chi connectivity index (χ1v) is 5.41. The van der Waals surface area contributed by atoms with Crippen LogP contribution in [0.5, 0.6) is 0 Å². The average Bonchev–Trinajstić information content (AvgIpc) is 1.87. The maximum absolute atomic E-state index is 8.42. The van der Waals surface area contributed by atoms with Crippen LogP contribution in [0.2, 0.25) is 6.55 Å². The third-order valence-electron chi connectivity index (χ3n) is 1.17. The summed E-state index contributed by atoms with van der Waals surface area (Å²) < 4.78 is 4.75. The monoisotopic (exact) mass is 158 g/mol. The summed E-state index contributed by atoms with van der Waals surface area (Å²) in [5.41, 5.74) is 3.14. The quantitative estimate of drug-likeness (QED) is 0.566. The first-order chi connectivity index (χ1) is 4.54. The van der Waals surface area contributed by atoms with Gasteiger partial charge in [0.05, 0.1) is 0 Å². The normalized spacial score (nSPS) is 10.7. The molecular weight excluding hydrogens is 147 g/mol. The molecule has 10 heavy (non-hydrogen) atoms. The zero-order valence-electron chi connectivity index (χ0n) is 5.95. The zero-order valence-corrected chi connectivity index (χ0v) is 6.95. The Morgan fingerprint density at radius 3 is 1.90 bits per heavy atom. The molecule has 0 fully saturated rings. The Labute approximate surface area is 62.0 Å². The summed E-state index contributed by atoms with van der Waals surface area (Å²) in [6.07, 6.45) is 0. The molecule has 0 aromatic rings. The fraction of sp³-hybridized carbons (Fsp3) is 0.200. The molecule has 0 aromatic carbocycles. The highest BCUT2D eigenvalue weighted by atomic mass is 28.4. The lowest BCUT2D eigenvalue weighted by molar-refractivity contribution is 0.288. The van der Waals surface area contributed by atoms with Gasteiger partial charge in [-0.3, -0.25) is 0 Å². The van der Waals surface area contributed by atoms with Gasteiger partial charge in [0.1, 0.15) is 0 Å². The number of hydrogen-bond donors (Lipinski definition) is 2. The van der Waals surface area contributed by atoms with Crippen LogP contribution in [0.4, 0.5) is 0 Å². The van der Waals surface area contributed by atoms with Gasteiger partial charge in [0, 0.05) is 0 Å². The lowest BCUT2D eigenvalue weighted by Crippen LogP contribution is -2.37. The van der Waals surface area contributed by atoms with Gasteiger partial charge in [0.2, 0.25) is 8.32 Å². The standard InChI is InChI=1S/C5H11BO3Si/c1-4-10(3,5-2)9-6(7)8/h4-5,7-8H,1-2H2,3H3. The van der Waals surface area contributed by atoms with Crippen molar-refractivity contribution < 1.29 is 14.4 Å². The molecule has 0 aliphatic rings. The van der Waals surface area contributed by atoms with Gasteiger partial charge in [-0.15, -0.1) is 13.2 Å². The minimum Gasteiger partial charge on any atom is -0.421 e. The minimum atomic E-state index is -2.23. The van der Waals surface area contributed by atoms with Crippen LogP contribution in [0.1, 0.15) is 0 Å². The Hall–Kier alpha value is -0.358. The Bertz CT molecular complexity index is 129. The maximum atomic E-state index is 8.42. The molecule has 5 heteroatoms. The molecule has 2 N–H and O–H groups in total. The summed E-state index contributed by atoms with van der Waals surface area (Å²) in [6, 6.07) is 0. The largest absolute Gasteiger partial charge is 0.623 e. The second-order valence-corrected chi connectivity index (χ2v) is 5.46. The van der Waals surface area contributed by atoms with Crippen molar-refractivity contribution in [3.63, 3.8) is 0 Å². The summed E-state index contributed by atoms with van der Waals surface area (Å²) in [5, 5.41) is 16.8. The van der Waals surface area contributed by atoms with Crippen molar-refractivity contribution in [2.75, 3.05) is 0 Å². The predicted octanol–water partition coefficient (Wildman–Crippen LogP) is -0.00180. The second kappa shape index (κ2) is 3.72. The molecule has 0 bridgehead atoms. The molecule has 0 aromatic heterocycles. The lowest BCUT2D eigenvalue weighted by atomic mass is 10.3. The van der Waals surface area contributed by atoms with Crippen molar-refractivity contribution in [2.45, 2.75) is 6.55 Å². The molecular formula is C5H11BO3Si. The van der Waals surface area contributed by atoms with Gasteiger partial charge in [-0.25, -0.2) is 0 Å². The van der Waals surface area contributed by atoms with Crippen LogP contribution in [0.15, 0.2) is 24.6 Å². The topological polar surface area (TPSA) is 49.7 Å². The van der Waals surface area contributed by atoms with E-state index in [9.17, 15) is 0 Å².